The van der Waals surface area contributed by atoms with E-state index >= 15 is 0 Å². The highest BCUT2D eigenvalue weighted by Gasteiger charge is 2.38. The molecule has 0 spiro atoms. The van der Waals surface area contributed by atoms with Crippen LogP contribution in [0.2, 0.25) is 0 Å². The highest BCUT2D eigenvalue weighted by atomic mass is 16.3. The van der Waals surface area contributed by atoms with Gasteiger partial charge in [0.1, 0.15) is 5.60 Å². The summed E-state index contributed by atoms with van der Waals surface area (Å²) in [5.74, 6) is 0. The summed E-state index contributed by atoms with van der Waals surface area (Å²) in [5.41, 5.74) is 4.23. The molecule has 1 aromatic carbocycles. The topological polar surface area (TPSA) is 20.2 Å². The lowest BCUT2D eigenvalue weighted by Gasteiger charge is -2.23. The lowest BCUT2D eigenvalue weighted by Crippen LogP contribution is -2.21. The van der Waals surface area contributed by atoms with Crippen molar-refractivity contribution in [2.75, 3.05) is 0 Å². The lowest BCUT2D eigenvalue weighted by molar-refractivity contribution is 0.0975. The molecule has 0 saturated carbocycles. The van der Waals surface area contributed by atoms with Crippen LogP contribution in [0.25, 0.3) is 5.57 Å². The van der Waals surface area contributed by atoms with E-state index in [1.165, 1.54) is 16.7 Å². The van der Waals surface area contributed by atoms with E-state index in [9.17, 15) is 5.11 Å². The van der Waals surface area contributed by atoms with E-state index in [0.29, 0.717) is 0 Å². The van der Waals surface area contributed by atoms with Crippen molar-refractivity contribution in [1.82, 2.24) is 0 Å². The molecule has 0 heterocycles. The van der Waals surface area contributed by atoms with E-state index in [4.69, 9.17) is 0 Å². The molecule has 1 N–H and O–H groups in total. The minimum absolute atomic E-state index is 0.753. The number of fused-ring (bicyclic) bond motifs is 1. The molecule has 92 valence electrons. The molecule has 1 aromatic rings. The van der Waals surface area contributed by atoms with Gasteiger partial charge in [0.05, 0.1) is 0 Å². The molecule has 0 amide bonds. The molecule has 1 atom stereocenters. The summed E-state index contributed by atoms with van der Waals surface area (Å²) in [6.45, 7) is 6.32. The average molecular weight is 230 g/mol. The number of rotatable bonds is 4. The van der Waals surface area contributed by atoms with Gasteiger partial charge in [-0.3, -0.25) is 0 Å². The van der Waals surface area contributed by atoms with E-state index in [0.717, 1.165) is 31.2 Å². The number of allylic oxidation sites excluding steroid dienone is 1. The Kier molecular flexibility index (Phi) is 3.39. The van der Waals surface area contributed by atoms with Crippen LogP contribution in [0.4, 0.5) is 0 Å². The third-order valence-electron chi connectivity index (χ3n) is 3.73. The summed E-state index contributed by atoms with van der Waals surface area (Å²) in [4.78, 5) is 0. The maximum atomic E-state index is 10.8. The normalized spacial score (nSPS) is 23.1. The molecule has 0 aromatic heterocycles. The second-order valence-corrected chi connectivity index (χ2v) is 5.07. The first-order valence-electron chi connectivity index (χ1n) is 6.67. The van der Waals surface area contributed by atoms with Crippen molar-refractivity contribution < 1.29 is 5.11 Å². The van der Waals surface area contributed by atoms with Crippen molar-refractivity contribution >= 4 is 5.57 Å². The zero-order valence-corrected chi connectivity index (χ0v) is 11.1. The SMILES string of the molecule is CCCC1=C(CCC)C(C)(O)c2ccccc21. The Balaban J connectivity index is 2.56. The van der Waals surface area contributed by atoms with Gasteiger partial charge < -0.3 is 5.11 Å². The summed E-state index contributed by atoms with van der Waals surface area (Å²) in [7, 11) is 0. The first-order valence-corrected chi connectivity index (χ1v) is 6.67. The summed E-state index contributed by atoms with van der Waals surface area (Å²) in [5, 5.41) is 10.8. The fourth-order valence-electron chi connectivity index (χ4n) is 2.97. The molecule has 0 saturated heterocycles. The van der Waals surface area contributed by atoms with Crippen LogP contribution in [-0.2, 0) is 5.60 Å². The molecule has 1 aliphatic carbocycles. The van der Waals surface area contributed by atoms with Gasteiger partial charge in [0, 0.05) is 0 Å². The molecule has 1 aliphatic rings. The minimum atomic E-state index is -0.753. The van der Waals surface area contributed by atoms with Gasteiger partial charge in [-0.25, -0.2) is 0 Å². The van der Waals surface area contributed by atoms with Gasteiger partial charge in [0.25, 0.3) is 0 Å². The highest BCUT2D eigenvalue weighted by Crippen LogP contribution is 2.47. The van der Waals surface area contributed by atoms with Crippen molar-refractivity contribution in [3.8, 4) is 0 Å². The van der Waals surface area contributed by atoms with Gasteiger partial charge in [-0.2, -0.15) is 0 Å². The Morgan fingerprint density at radius 2 is 1.71 bits per heavy atom. The highest BCUT2D eigenvalue weighted by molar-refractivity contribution is 5.79. The van der Waals surface area contributed by atoms with Gasteiger partial charge >= 0.3 is 0 Å². The Morgan fingerprint density at radius 1 is 1.06 bits per heavy atom. The second-order valence-electron chi connectivity index (χ2n) is 5.07. The van der Waals surface area contributed by atoms with E-state index in [-0.39, 0.29) is 0 Å². The summed E-state index contributed by atoms with van der Waals surface area (Å²) < 4.78 is 0. The number of hydrogen-bond donors (Lipinski definition) is 1. The molecule has 0 radical (unpaired) electrons. The van der Waals surface area contributed by atoms with Crippen LogP contribution in [0.5, 0.6) is 0 Å². The molecule has 0 aliphatic heterocycles. The lowest BCUT2D eigenvalue weighted by atomic mass is 9.89. The molecule has 1 heteroatoms. The molecule has 17 heavy (non-hydrogen) atoms. The van der Waals surface area contributed by atoms with E-state index in [2.05, 4.69) is 32.0 Å². The average Bonchev–Trinajstić information content (AvgIpc) is 2.52. The van der Waals surface area contributed by atoms with E-state index < -0.39 is 5.60 Å². The Hall–Kier alpha value is -1.08. The van der Waals surface area contributed by atoms with Gasteiger partial charge in [0.15, 0.2) is 0 Å². The van der Waals surface area contributed by atoms with Crippen LogP contribution in [0, 0.1) is 0 Å². The fourth-order valence-corrected chi connectivity index (χ4v) is 2.97. The molecule has 2 rings (SSSR count). The van der Waals surface area contributed by atoms with Crippen LogP contribution in [0.1, 0.15) is 57.6 Å². The maximum absolute atomic E-state index is 10.8. The predicted molar refractivity (Wildman–Crippen MR) is 72.7 cm³/mol. The second kappa shape index (κ2) is 4.66. The molecule has 0 bridgehead atoms. The third kappa shape index (κ3) is 1.93. The first-order chi connectivity index (χ1) is 8.12. The Bertz CT molecular complexity index is 441. The van der Waals surface area contributed by atoms with Gasteiger partial charge in [0.2, 0.25) is 0 Å². The molecule has 1 nitrogen and oxygen atoms in total. The van der Waals surface area contributed by atoms with Crippen molar-refractivity contribution in [1.29, 1.82) is 0 Å². The summed E-state index contributed by atoms with van der Waals surface area (Å²) in [6, 6.07) is 8.30. The Labute approximate surface area is 104 Å². The van der Waals surface area contributed by atoms with Crippen molar-refractivity contribution in [2.24, 2.45) is 0 Å². The standard InChI is InChI=1S/C16H22O/c1-4-8-12-13-10-6-7-11-15(13)16(3,17)14(12)9-5-2/h6-7,10-11,17H,4-5,8-9H2,1-3H3. The largest absolute Gasteiger partial charge is 0.381 e. The minimum Gasteiger partial charge on any atom is -0.381 e. The molecule has 0 fully saturated rings. The molecular formula is C16H22O. The van der Waals surface area contributed by atoms with Crippen LogP contribution in [0.3, 0.4) is 0 Å². The first kappa shape index (κ1) is 12.4. The van der Waals surface area contributed by atoms with Crippen molar-refractivity contribution in [3.05, 3.63) is 41.0 Å². The van der Waals surface area contributed by atoms with Gasteiger partial charge in [-0.1, -0.05) is 51.0 Å². The molecule has 1 unspecified atom stereocenters. The van der Waals surface area contributed by atoms with Crippen LogP contribution in [-0.4, -0.2) is 5.11 Å². The number of aliphatic hydroxyl groups is 1. The third-order valence-corrected chi connectivity index (χ3v) is 3.73. The number of benzene rings is 1. The smallest absolute Gasteiger partial charge is 0.109 e. The zero-order chi connectivity index (χ0) is 12.5. The maximum Gasteiger partial charge on any atom is 0.109 e. The summed E-state index contributed by atoms with van der Waals surface area (Å²) >= 11 is 0. The van der Waals surface area contributed by atoms with E-state index in [1.54, 1.807) is 0 Å². The van der Waals surface area contributed by atoms with Gasteiger partial charge in [-0.05, 0) is 42.0 Å². The van der Waals surface area contributed by atoms with Crippen LogP contribution in [0.15, 0.2) is 29.8 Å². The predicted octanol–water partition coefficient (Wildman–Crippen LogP) is 4.26. The van der Waals surface area contributed by atoms with Gasteiger partial charge in [-0.15, -0.1) is 0 Å². The van der Waals surface area contributed by atoms with E-state index in [1.807, 2.05) is 13.0 Å². The number of hydrogen-bond acceptors (Lipinski definition) is 1. The Morgan fingerprint density at radius 3 is 2.35 bits per heavy atom. The van der Waals surface area contributed by atoms with Crippen molar-refractivity contribution in [2.45, 2.75) is 52.1 Å². The zero-order valence-electron chi connectivity index (χ0n) is 11.1. The van der Waals surface area contributed by atoms with Crippen LogP contribution < -0.4 is 0 Å². The van der Waals surface area contributed by atoms with Crippen LogP contribution >= 0.6 is 0 Å². The fraction of sp³-hybridized carbons (Fsp3) is 0.500. The summed E-state index contributed by atoms with van der Waals surface area (Å²) in [6.07, 6.45) is 4.29. The monoisotopic (exact) mass is 230 g/mol. The van der Waals surface area contributed by atoms with Crippen molar-refractivity contribution in [3.63, 3.8) is 0 Å². The quantitative estimate of drug-likeness (QED) is 0.819. The molecular weight excluding hydrogens is 208 g/mol.